The van der Waals surface area contributed by atoms with Gasteiger partial charge in [-0.05, 0) is 83.8 Å². The molecule has 7 nitrogen and oxygen atoms in total. The molecule has 1 saturated heterocycles. The first kappa shape index (κ1) is 26.8. The second-order valence-electron chi connectivity index (χ2n) is 8.50. The molecule has 38 heavy (non-hydrogen) atoms. The number of hydrogen-bond donors (Lipinski definition) is 2. The summed E-state index contributed by atoms with van der Waals surface area (Å²) < 4.78 is 11.7. The van der Waals surface area contributed by atoms with Crippen molar-refractivity contribution in [2.45, 2.75) is 26.4 Å². The first-order chi connectivity index (χ1) is 18.4. The van der Waals surface area contributed by atoms with Crippen molar-refractivity contribution >= 4 is 40.6 Å². The van der Waals surface area contributed by atoms with Crippen LogP contribution in [0.3, 0.4) is 0 Å². The molecule has 194 valence electrons. The van der Waals surface area contributed by atoms with Crippen LogP contribution in [0.2, 0.25) is 0 Å². The Hall–Kier alpha value is -4.30. The standard InChI is InChI=1S/C30H28N2O5S/c1-4-6-23-15-21(16-25(36-3)27(23)37-18-20-7-11-22(12-8-20)29(34)35)17-26-28(33)32-30(38-26)31-24-13-9-19(5-2)10-14-24/h4,7-17H,1,5-6,18H2,2-3H3,(H,34,35)(H,31,32,33)/b26-17-. The fraction of sp³-hybridized carbons (Fsp3) is 0.167. The molecule has 0 aromatic heterocycles. The number of carboxylic acid groups (broad SMARTS) is 1. The number of allylic oxidation sites excluding steroid dienone is 1. The number of aliphatic imine (C=N–C) groups is 1. The maximum atomic E-state index is 12.6. The Balaban J connectivity index is 1.56. The fourth-order valence-electron chi connectivity index (χ4n) is 3.84. The largest absolute Gasteiger partial charge is 0.493 e. The number of aryl methyl sites for hydroxylation is 1. The van der Waals surface area contributed by atoms with Crippen molar-refractivity contribution < 1.29 is 24.2 Å². The van der Waals surface area contributed by atoms with Crippen LogP contribution >= 0.6 is 11.8 Å². The molecule has 2 N–H and O–H groups in total. The van der Waals surface area contributed by atoms with Crippen LogP contribution in [-0.2, 0) is 24.2 Å². The van der Waals surface area contributed by atoms with Gasteiger partial charge < -0.3 is 19.9 Å². The summed E-state index contributed by atoms with van der Waals surface area (Å²) in [6.45, 7) is 6.18. The van der Waals surface area contributed by atoms with Gasteiger partial charge in [0.15, 0.2) is 16.7 Å². The van der Waals surface area contributed by atoms with E-state index in [-0.39, 0.29) is 18.1 Å². The highest BCUT2D eigenvalue weighted by atomic mass is 32.2. The van der Waals surface area contributed by atoms with Crippen molar-refractivity contribution in [1.82, 2.24) is 5.32 Å². The highest BCUT2D eigenvalue weighted by Gasteiger charge is 2.24. The summed E-state index contributed by atoms with van der Waals surface area (Å²) in [5.41, 5.74) is 4.67. The Morgan fingerprint density at radius 3 is 2.45 bits per heavy atom. The van der Waals surface area contributed by atoms with E-state index in [2.05, 4.69) is 23.8 Å². The predicted octanol–water partition coefficient (Wildman–Crippen LogP) is 6.15. The number of amidine groups is 1. The van der Waals surface area contributed by atoms with Crippen molar-refractivity contribution in [2.75, 3.05) is 7.11 Å². The molecule has 0 saturated carbocycles. The molecule has 0 radical (unpaired) electrons. The number of nitrogens with zero attached hydrogens (tertiary/aromatic N) is 1. The first-order valence-electron chi connectivity index (χ1n) is 12.1. The minimum absolute atomic E-state index is 0.215. The number of carbonyl (C=O) groups is 2. The van der Waals surface area contributed by atoms with Gasteiger partial charge >= 0.3 is 5.97 Å². The minimum atomic E-state index is -0.977. The molecule has 8 heteroatoms. The molecule has 1 aliphatic heterocycles. The third-order valence-electron chi connectivity index (χ3n) is 5.85. The number of carbonyl (C=O) groups excluding carboxylic acids is 1. The maximum Gasteiger partial charge on any atom is 0.335 e. The second-order valence-corrected chi connectivity index (χ2v) is 9.53. The lowest BCUT2D eigenvalue weighted by molar-refractivity contribution is -0.115. The minimum Gasteiger partial charge on any atom is -0.493 e. The summed E-state index contributed by atoms with van der Waals surface area (Å²) >= 11 is 1.28. The number of thioether (sulfide) groups is 1. The van der Waals surface area contributed by atoms with E-state index < -0.39 is 5.97 Å². The monoisotopic (exact) mass is 528 g/mol. The van der Waals surface area contributed by atoms with Gasteiger partial charge in [-0.25, -0.2) is 9.79 Å². The summed E-state index contributed by atoms with van der Waals surface area (Å²) in [5, 5.41) is 12.4. The van der Waals surface area contributed by atoms with Crippen LogP contribution in [-0.4, -0.2) is 29.3 Å². The van der Waals surface area contributed by atoms with Crippen molar-refractivity contribution in [1.29, 1.82) is 0 Å². The number of carboxylic acids is 1. The normalized spacial score (nSPS) is 14.9. The lowest BCUT2D eigenvalue weighted by Gasteiger charge is -2.16. The molecule has 3 aromatic carbocycles. The highest BCUT2D eigenvalue weighted by molar-refractivity contribution is 8.18. The number of aromatic carboxylic acids is 1. The van der Waals surface area contributed by atoms with Gasteiger partial charge in [0.1, 0.15) is 6.61 Å². The van der Waals surface area contributed by atoms with E-state index in [1.807, 2.05) is 36.4 Å². The number of benzene rings is 3. The Morgan fingerprint density at radius 2 is 1.82 bits per heavy atom. The topological polar surface area (TPSA) is 97.2 Å². The molecule has 1 heterocycles. The summed E-state index contributed by atoms with van der Waals surface area (Å²) in [7, 11) is 1.56. The maximum absolute atomic E-state index is 12.6. The van der Waals surface area contributed by atoms with Crippen LogP contribution in [0.1, 0.15) is 39.5 Å². The molecule has 4 rings (SSSR count). The second kappa shape index (κ2) is 12.3. The van der Waals surface area contributed by atoms with Crippen LogP contribution in [0.5, 0.6) is 11.5 Å². The van der Waals surface area contributed by atoms with Crippen molar-refractivity contribution in [3.63, 3.8) is 0 Å². The van der Waals surface area contributed by atoms with Gasteiger partial charge in [-0.2, -0.15) is 0 Å². The van der Waals surface area contributed by atoms with Gasteiger partial charge in [0.05, 0.1) is 23.3 Å². The Kier molecular flexibility index (Phi) is 8.66. The Bertz CT molecular complexity index is 1410. The van der Waals surface area contributed by atoms with E-state index in [1.165, 1.54) is 17.3 Å². The first-order valence-corrected chi connectivity index (χ1v) is 12.9. The summed E-state index contributed by atoms with van der Waals surface area (Å²) in [5.74, 6) is -0.103. The molecular formula is C30H28N2O5S. The molecule has 0 unspecified atom stereocenters. The van der Waals surface area contributed by atoms with E-state index in [0.717, 1.165) is 28.8 Å². The number of ether oxygens (including phenoxy) is 2. The average Bonchev–Trinajstić information content (AvgIpc) is 3.26. The third kappa shape index (κ3) is 6.52. The zero-order valence-electron chi connectivity index (χ0n) is 21.2. The quantitative estimate of drug-likeness (QED) is 0.242. The van der Waals surface area contributed by atoms with E-state index in [4.69, 9.17) is 14.6 Å². The van der Waals surface area contributed by atoms with Crippen LogP contribution in [0, 0.1) is 0 Å². The third-order valence-corrected chi connectivity index (χ3v) is 6.76. The Morgan fingerprint density at radius 1 is 1.11 bits per heavy atom. The summed E-state index contributed by atoms with van der Waals surface area (Å²) in [4.78, 5) is 28.8. The van der Waals surface area contributed by atoms with Crippen LogP contribution < -0.4 is 14.8 Å². The van der Waals surface area contributed by atoms with Gasteiger partial charge in [-0.1, -0.05) is 37.3 Å². The summed E-state index contributed by atoms with van der Waals surface area (Å²) in [6, 6.07) is 18.2. The van der Waals surface area contributed by atoms with E-state index in [1.54, 1.807) is 43.5 Å². The average molecular weight is 529 g/mol. The molecule has 3 aromatic rings. The molecule has 0 atom stereocenters. The lowest BCUT2D eigenvalue weighted by Crippen LogP contribution is -2.19. The van der Waals surface area contributed by atoms with Crippen LogP contribution in [0.15, 0.2) is 83.2 Å². The molecule has 1 aliphatic rings. The van der Waals surface area contributed by atoms with Gasteiger partial charge in [0.25, 0.3) is 5.91 Å². The fourth-order valence-corrected chi connectivity index (χ4v) is 4.69. The SMILES string of the molecule is C=CCc1cc(/C=C2\SC(=Nc3ccc(CC)cc3)NC2=O)cc(OC)c1OCc1ccc(C(=O)O)cc1. The molecule has 0 spiro atoms. The summed E-state index contributed by atoms with van der Waals surface area (Å²) in [6.07, 6.45) is 5.05. The predicted molar refractivity (Wildman–Crippen MR) is 151 cm³/mol. The zero-order valence-corrected chi connectivity index (χ0v) is 22.0. The van der Waals surface area contributed by atoms with Gasteiger partial charge in [-0.3, -0.25) is 4.79 Å². The van der Waals surface area contributed by atoms with E-state index in [0.29, 0.717) is 28.0 Å². The number of amides is 1. The number of methoxy groups -OCH3 is 1. The van der Waals surface area contributed by atoms with Gasteiger partial charge in [-0.15, -0.1) is 6.58 Å². The van der Waals surface area contributed by atoms with Crippen LogP contribution in [0.25, 0.3) is 6.08 Å². The van der Waals surface area contributed by atoms with Crippen molar-refractivity contribution in [2.24, 2.45) is 4.99 Å². The van der Waals surface area contributed by atoms with E-state index in [9.17, 15) is 9.59 Å². The van der Waals surface area contributed by atoms with Gasteiger partial charge in [0.2, 0.25) is 0 Å². The molecule has 1 fully saturated rings. The highest BCUT2D eigenvalue weighted by Crippen LogP contribution is 2.36. The van der Waals surface area contributed by atoms with Crippen LogP contribution in [0.4, 0.5) is 5.69 Å². The van der Waals surface area contributed by atoms with Crippen molar-refractivity contribution in [3.05, 3.63) is 106 Å². The number of rotatable bonds is 10. The smallest absolute Gasteiger partial charge is 0.335 e. The molecule has 1 amide bonds. The zero-order chi connectivity index (χ0) is 27.1. The molecular weight excluding hydrogens is 500 g/mol. The molecule has 0 bridgehead atoms. The number of hydrogen-bond acceptors (Lipinski definition) is 6. The number of nitrogens with one attached hydrogen (secondary N) is 1. The molecule has 0 aliphatic carbocycles. The lowest BCUT2D eigenvalue weighted by atomic mass is 10.0. The Labute approximate surface area is 225 Å². The van der Waals surface area contributed by atoms with Crippen molar-refractivity contribution in [3.8, 4) is 11.5 Å². The van der Waals surface area contributed by atoms with E-state index >= 15 is 0 Å². The van der Waals surface area contributed by atoms with Gasteiger partial charge in [0, 0.05) is 5.56 Å².